The molecule has 2 aromatic rings. The van der Waals surface area contributed by atoms with Gasteiger partial charge >= 0.3 is 0 Å². The lowest BCUT2D eigenvalue weighted by atomic mass is 9.94. The van der Waals surface area contributed by atoms with Crippen molar-refractivity contribution in [3.05, 3.63) is 94.9 Å². The van der Waals surface area contributed by atoms with Gasteiger partial charge in [0.15, 0.2) is 0 Å². The van der Waals surface area contributed by atoms with Gasteiger partial charge in [0, 0.05) is 47.9 Å². The highest BCUT2D eigenvalue weighted by Gasteiger charge is 2.26. The molecule has 3 N–H and O–H groups in total. The van der Waals surface area contributed by atoms with Gasteiger partial charge in [0.05, 0.1) is 5.69 Å². The topological polar surface area (TPSA) is 71.2 Å². The van der Waals surface area contributed by atoms with Crippen LogP contribution < -0.4 is 11.1 Å². The van der Waals surface area contributed by atoms with E-state index >= 15 is 0 Å². The Morgan fingerprint density at radius 2 is 2.10 bits per heavy atom. The summed E-state index contributed by atoms with van der Waals surface area (Å²) in [5, 5.41) is 2.86. The summed E-state index contributed by atoms with van der Waals surface area (Å²) in [5.41, 5.74) is 12.3. The molecule has 3 heterocycles. The molecule has 0 spiro atoms. The van der Waals surface area contributed by atoms with Crippen molar-refractivity contribution < 1.29 is 9.18 Å². The van der Waals surface area contributed by atoms with E-state index in [-0.39, 0.29) is 11.7 Å². The van der Waals surface area contributed by atoms with Crippen molar-refractivity contribution in [2.75, 3.05) is 13.1 Å². The smallest absolute Gasteiger partial charge is 0.267 e. The Hall–Kier alpha value is -3.51. The van der Waals surface area contributed by atoms with Crippen molar-refractivity contribution in [1.82, 2.24) is 15.2 Å². The van der Waals surface area contributed by atoms with Gasteiger partial charge in [-0.1, -0.05) is 18.2 Å². The Bertz CT molecular complexity index is 1160. The van der Waals surface area contributed by atoms with Crippen LogP contribution in [-0.4, -0.2) is 28.9 Å². The minimum absolute atomic E-state index is 0.151. The number of hydrogen-bond donors (Lipinski definition) is 2. The Balaban J connectivity index is 1.75. The van der Waals surface area contributed by atoms with Crippen LogP contribution in [0.5, 0.6) is 0 Å². The Kier molecular flexibility index (Phi) is 5.82. The molecule has 0 atom stereocenters. The molecule has 0 bridgehead atoms. The third-order valence-corrected chi connectivity index (χ3v) is 5.46. The van der Waals surface area contributed by atoms with E-state index in [1.165, 1.54) is 11.6 Å². The number of amides is 1. The third kappa shape index (κ3) is 4.07. The maximum absolute atomic E-state index is 13.8. The molecule has 31 heavy (non-hydrogen) atoms. The summed E-state index contributed by atoms with van der Waals surface area (Å²) in [6.07, 6.45) is 10.4. The van der Waals surface area contributed by atoms with Crippen LogP contribution in [0.3, 0.4) is 0 Å². The molecule has 0 fully saturated rings. The zero-order chi connectivity index (χ0) is 22.0. The van der Waals surface area contributed by atoms with E-state index in [4.69, 9.17) is 5.73 Å². The van der Waals surface area contributed by atoms with Gasteiger partial charge in [-0.15, -0.1) is 0 Å². The number of fused-ring (bicyclic) bond motifs is 1. The molecule has 0 saturated carbocycles. The molecule has 4 rings (SSSR count). The number of aryl methyl sites for hydroxylation is 1. The molecule has 1 amide bonds. The second kappa shape index (κ2) is 8.70. The van der Waals surface area contributed by atoms with Gasteiger partial charge in [0.25, 0.3) is 5.91 Å². The Morgan fingerprint density at radius 1 is 1.26 bits per heavy atom. The van der Waals surface area contributed by atoms with Gasteiger partial charge in [0.1, 0.15) is 11.5 Å². The fraction of sp³-hybridized carbons (Fsp3) is 0.200. The van der Waals surface area contributed by atoms with Crippen LogP contribution in [0, 0.1) is 12.7 Å². The first-order chi connectivity index (χ1) is 15.0. The molecular weight excluding hydrogens is 391 g/mol. The second-order valence-corrected chi connectivity index (χ2v) is 7.65. The molecule has 5 nitrogen and oxygen atoms in total. The molecule has 0 aliphatic carbocycles. The van der Waals surface area contributed by atoms with Crippen LogP contribution in [0.15, 0.2) is 77.9 Å². The fourth-order valence-corrected chi connectivity index (χ4v) is 3.80. The fourth-order valence-electron chi connectivity index (χ4n) is 3.80. The van der Waals surface area contributed by atoms with E-state index in [9.17, 15) is 9.18 Å². The van der Waals surface area contributed by atoms with Crippen LogP contribution in [0.2, 0.25) is 0 Å². The van der Waals surface area contributed by atoms with E-state index in [1.807, 2.05) is 41.5 Å². The van der Waals surface area contributed by atoms with Crippen molar-refractivity contribution >= 4 is 11.5 Å². The summed E-state index contributed by atoms with van der Waals surface area (Å²) in [4.78, 5) is 19.2. The van der Waals surface area contributed by atoms with Crippen LogP contribution in [-0.2, 0) is 4.79 Å². The van der Waals surface area contributed by atoms with Gasteiger partial charge in [0.2, 0.25) is 0 Å². The number of nitrogens with zero attached hydrogens (tertiary/aromatic N) is 2. The van der Waals surface area contributed by atoms with Gasteiger partial charge in [-0.3, -0.25) is 9.78 Å². The third-order valence-electron chi connectivity index (χ3n) is 5.46. The number of allylic oxidation sites excluding steroid dienone is 5. The summed E-state index contributed by atoms with van der Waals surface area (Å²) < 4.78 is 13.8. The van der Waals surface area contributed by atoms with Crippen LogP contribution in [0.25, 0.3) is 16.8 Å². The molecule has 1 aromatic carbocycles. The van der Waals surface area contributed by atoms with Crippen molar-refractivity contribution in [2.45, 2.75) is 20.3 Å². The zero-order valence-corrected chi connectivity index (χ0v) is 17.7. The van der Waals surface area contributed by atoms with E-state index in [0.29, 0.717) is 24.4 Å². The minimum atomic E-state index is -0.241. The van der Waals surface area contributed by atoms with Crippen LogP contribution in [0.4, 0.5) is 4.39 Å². The van der Waals surface area contributed by atoms with Crippen molar-refractivity contribution in [1.29, 1.82) is 0 Å². The maximum atomic E-state index is 13.8. The van der Waals surface area contributed by atoms with E-state index in [2.05, 4.69) is 17.2 Å². The monoisotopic (exact) mass is 416 g/mol. The number of carbonyl (C=O) groups is 1. The molecule has 0 radical (unpaired) electrons. The number of nitrogens with one attached hydrogen (secondary N) is 1. The highest BCUT2D eigenvalue weighted by molar-refractivity contribution is 5.95. The average Bonchev–Trinajstić information content (AvgIpc) is 2.79. The molecule has 2 aliphatic rings. The number of benzene rings is 1. The summed E-state index contributed by atoms with van der Waals surface area (Å²) in [5.74, 6) is -0.392. The molecule has 158 valence electrons. The lowest BCUT2D eigenvalue weighted by molar-refractivity contribution is -0.118. The van der Waals surface area contributed by atoms with Crippen LogP contribution in [0.1, 0.15) is 24.5 Å². The molecular formula is C25H25FN4O. The first kappa shape index (κ1) is 20.8. The molecule has 1 aromatic heterocycles. The van der Waals surface area contributed by atoms with Crippen molar-refractivity contribution in [3.8, 4) is 11.3 Å². The lowest BCUT2D eigenvalue weighted by Gasteiger charge is -2.32. The SMILES string of the molecule is CC1=C2C=CC(c3cccnc3-c3ccc(F)c(C)c3)=CN2C(C(=O)NCCN)=CC1. The minimum Gasteiger partial charge on any atom is -0.349 e. The van der Waals surface area contributed by atoms with E-state index < -0.39 is 0 Å². The number of pyridine rings is 1. The number of aromatic nitrogens is 1. The number of hydrogen-bond acceptors (Lipinski definition) is 4. The molecule has 0 saturated heterocycles. The highest BCUT2D eigenvalue weighted by Crippen LogP contribution is 2.36. The van der Waals surface area contributed by atoms with Gasteiger partial charge in [-0.05, 0) is 61.7 Å². The first-order valence-electron chi connectivity index (χ1n) is 10.3. The quantitative estimate of drug-likeness (QED) is 0.772. The van der Waals surface area contributed by atoms with Crippen LogP contribution >= 0.6 is 0 Å². The largest absolute Gasteiger partial charge is 0.349 e. The summed E-state index contributed by atoms with van der Waals surface area (Å²) in [6.45, 7) is 4.61. The van der Waals surface area contributed by atoms with E-state index in [1.54, 1.807) is 25.3 Å². The van der Waals surface area contributed by atoms with Gasteiger partial charge in [-0.2, -0.15) is 0 Å². The predicted octanol–water partition coefficient (Wildman–Crippen LogP) is 4.05. The lowest BCUT2D eigenvalue weighted by Crippen LogP contribution is -2.36. The number of rotatable bonds is 5. The molecule has 0 unspecified atom stereocenters. The predicted molar refractivity (Wildman–Crippen MR) is 121 cm³/mol. The summed E-state index contributed by atoms with van der Waals surface area (Å²) >= 11 is 0. The summed E-state index contributed by atoms with van der Waals surface area (Å²) in [7, 11) is 0. The van der Waals surface area contributed by atoms with Crippen molar-refractivity contribution in [2.24, 2.45) is 5.73 Å². The van der Waals surface area contributed by atoms with Gasteiger partial charge in [-0.25, -0.2) is 4.39 Å². The van der Waals surface area contributed by atoms with Crippen molar-refractivity contribution in [3.63, 3.8) is 0 Å². The Morgan fingerprint density at radius 3 is 2.87 bits per heavy atom. The first-order valence-corrected chi connectivity index (χ1v) is 10.3. The zero-order valence-electron chi connectivity index (χ0n) is 17.7. The molecule has 2 aliphatic heterocycles. The highest BCUT2D eigenvalue weighted by atomic mass is 19.1. The normalized spacial score (nSPS) is 15.4. The maximum Gasteiger partial charge on any atom is 0.267 e. The number of carbonyl (C=O) groups excluding carboxylic acids is 1. The van der Waals surface area contributed by atoms with E-state index in [0.717, 1.165) is 34.5 Å². The second-order valence-electron chi connectivity index (χ2n) is 7.65. The van der Waals surface area contributed by atoms with Gasteiger partial charge < -0.3 is 16.0 Å². The standard InChI is InChI=1S/C25H25FN4O/c1-16-5-9-23(25(31)29-13-11-27)30-15-19(7-10-22(16)30)20-4-3-12-28-24(20)18-6-8-21(26)17(2)14-18/h3-4,6-10,12,14-15H,5,11,13,27H2,1-2H3,(H,29,31). The number of halogens is 1. The molecule has 6 heteroatoms. The summed E-state index contributed by atoms with van der Waals surface area (Å²) in [6, 6.07) is 8.87. The average molecular weight is 417 g/mol. The Labute approximate surface area is 181 Å². The number of nitrogens with two attached hydrogens (primary N) is 1.